The Morgan fingerprint density at radius 2 is 1.86 bits per heavy atom. The van der Waals surface area contributed by atoms with Gasteiger partial charge in [0.1, 0.15) is 0 Å². The zero-order valence-corrected chi connectivity index (χ0v) is 20.5. The van der Waals surface area contributed by atoms with E-state index in [1.807, 2.05) is 60.0 Å². The number of thiophene rings is 1. The van der Waals surface area contributed by atoms with Crippen LogP contribution in [-0.2, 0) is 14.3 Å². The van der Waals surface area contributed by atoms with Gasteiger partial charge in [-0.1, -0.05) is 24.3 Å². The molecule has 7 nitrogen and oxygen atoms in total. The molecular formula is C27H29N3O4S. The van der Waals surface area contributed by atoms with Gasteiger partial charge in [0, 0.05) is 48.6 Å². The number of methoxy groups -OCH3 is 1. The first-order chi connectivity index (χ1) is 17.2. The monoisotopic (exact) mass is 491 g/mol. The van der Waals surface area contributed by atoms with E-state index in [-0.39, 0.29) is 11.8 Å². The number of fused-ring (bicyclic) bond motifs is 1. The second-order valence-corrected chi connectivity index (χ2v) is 9.63. The summed E-state index contributed by atoms with van der Waals surface area (Å²) >= 11 is 1.56. The van der Waals surface area contributed by atoms with Gasteiger partial charge in [0.25, 0.3) is 5.91 Å². The Hall–Kier alpha value is -3.20. The number of nitrogens with zero attached hydrogens (tertiary/aromatic N) is 2. The largest absolute Gasteiger partial charge is 0.383 e. The fourth-order valence-corrected chi connectivity index (χ4v) is 5.76. The van der Waals surface area contributed by atoms with Crippen LogP contribution in [0.25, 0.3) is 0 Å². The van der Waals surface area contributed by atoms with E-state index in [1.54, 1.807) is 29.4 Å². The van der Waals surface area contributed by atoms with Gasteiger partial charge in [0.05, 0.1) is 31.8 Å². The zero-order chi connectivity index (χ0) is 24.2. The quantitative estimate of drug-likeness (QED) is 0.538. The first-order valence-corrected chi connectivity index (χ1v) is 12.7. The Morgan fingerprint density at radius 3 is 2.57 bits per heavy atom. The molecule has 1 aromatic heterocycles. The predicted octanol–water partition coefficient (Wildman–Crippen LogP) is 4.15. The lowest BCUT2D eigenvalue weighted by molar-refractivity contribution is -0.119. The Kier molecular flexibility index (Phi) is 7.13. The number of morpholine rings is 1. The summed E-state index contributed by atoms with van der Waals surface area (Å²) in [5, 5.41) is 5.10. The van der Waals surface area contributed by atoms with Gasteiger partial charge >= 0.3 is 0 Å². The summed E-state index contributed by atoms with van der Waals surface area (Å²) in [4.78, 5) is 32.4. The lowest BCUT2D eigenvalue weighted by Gasteiger charge is -2.41. The van der Waals surface area contributed by atoms with Crippen molar-refractivity contribution < 1.29 is 19.1 Å². The Labute approximate surface area is 209 Å². The maximum absolute atomic E-state index is 13.8. The van der Waals surface area contributed by atoms with E-state index in [0.29, 0.717) is 18.7 Å². The summed E-state index contributed by atoms with van der Waals surface area (Å²) in [5.74, 6) is -0.752. The number of anilines is 2. The molecule has 5 rings (SSSR count). The number of nitrogens with one attached hydrogen (secondary N) is 1. The first-order valence-electron chi connectivity index (χ1n) is 11.8. The summed E-state index contributed by atoms with van der Waals surface area (Å²) in [5.41, 5.74) is 3.17. The number of benzene rings is 2. The molecule has 0 bridgehead atoms. The molecule has 2 unspecified atom stereocenters. The van der Waals surface area contributed by atoms with Crippen LogP contribution in [0, 0.1) is 0 Å². The van der Waals surface area contributed by atoms with Crippen molar-refractivity contribution in [2.45, 2.75) is 12.0 Å². The summed E-state index contributed by atoms with van der Waals surface area (Å²) < 4.78 is 10.7. The van der Waals surface area contributed by atoms with Crippen molar-refractivity contribution in [2.75, 3.05) is 56.8 Å². The average Bonchev–Trinajstić information content (AvgIpc) is 3.43. The number of hydrogen-bond acceptors (Lipinski definition) is 6. The standard InChI is InChI=1S/C27H29N3O4S/c1-33-15-14-30-25(23-7-4-18-35-23)24(21-5-2-3-6-22(21)27(30)32)26(31)28-19-8-10-20(11-9-19)29-12-16-34-17-13-29/h2-11,18,24-25H,12-17H2,1H3,(H,28,31). The lowest BCUT2D eigenvalue weighted by Crippen LogP contribution is -2.47. The molecule has 3 heterocycles. The van der Waals surface area contributed by atoms with Crippen molar-refractivity contribution in [1.29, 1.82) is 0 Å². The van der Waals surface area contributed by atoms with E-state index < -0.39 is 12.0 Å². The minimum Gasteiger partial charge on any atom is -0.383 e. The summed E-state index contributed by atoms with van der Waals surface area (Å²) in [6.45, 7) is 3.97. The van der Waals surface area contributed by atoms with E-state index in [0.717, 1.165) is 48.1 Å². The van der Waals surface area contributed by atoms with Gasteiger partial charge < -0.3 is 24.6 Å². The molecule has 8 heteroatoms. The van der Waals surface area contributed by atoms with Crippen molar-refractivity contribution in [3.8, 4) is 0 Å². The number of ether oxygens (including phenoxy) is 2. The Bertz CT molecular complexity index is 1160. The molecule has 182 valence electrons. The number of amides is 2. The number of carbonyl (C=O) groups excluding carboxylic acids is 2. The minimum atomic E-state index is -0.543. The second-order valence-electron chi connectivity index (χ2n) is 8.65. The molecule has 1 saturated heterocycles. The van der Waals surface area contributed by atoms with Crippen LogP contribution in [0.2, 0.25) is 0 Å². The molecule has 35 heavy (non-hydrogen) atoms. The Balaban J connectivity index is 1.46. The highest BCUT2D eigenvalue weighted by molar-refractivity contribution is 7.10. The van der Waals surface area contributed by atoms with Crippen LogP contribution in [0.15, 0.2) is 66.0 Å². The summed E-state index contributed by atoms with van der Waals surface area (Å²) in [7, 11) is 1.62. The van der Waals surface area contributed by atoms with Gasteiger partial charge in [0.2, 0.25) is 5.91 Å². The average molecular weight is 492 g/mol. The molecule has 2 atom stereocenters. The molecule has 0 saturated carbocycles. The third-order valence-corrected chi connectivity index (χ3v) is 7.55. The van der Waals surface area contributed by atoms with E-state index in [9.17, 15) is 9.59 Å². The molecule has 2 amide bonds. The van der Waals surface area contributed by atoms with Crippen LogP contribution >= 0.6 is 11.3 Å². The fraction of sp³-hybridized carbons (Fsp3) is 0.333. The molecule has 0 aliphatic carbocycles. The molecule has 1 fully saturated rings. The predicted molar refractivity (Wildman–Crippen MR) is 137 cm³/mol. The second kappa shape index (κ2) is 10.6. The normalized spacial score (nSPS) is 20.0. The van der Waals surface area contributed by atoms with Gasteiger partial charge in [0.15, 0.2) is 0 Å². The van der Waals surface area contributed by atoms with Crippen LogP contribution in [0.4, 0.5) is 11.4 Å². The van der Waals surface area contributed by atoms with Gasteiger partial charge in [-0.05, 0) is 47.3 Å². The molecule has 2 aromatic carbocycles. The van der Waals surface area contributed by atoms with Crippen molar-refractivity contribution in [2.24, 2.45) is 0 Å². The number of rotatable bonds is 7. The maximum atomic E-state index is 13.8. The maximum Gasteiger partial charge on any atom is 0.254 e. The highest BCUT2D eigenvalue weighted by Crippen LogP contribution is 2.44. The lowest BCUT2D eigenvalue weighted by atomic mass is 9.81. The van der Waals surface area contributed by atoms with E-state index in [2.05, 4.69) is 10.2 Å². The van der Waals surface area contributed by atoms with Crippen LogP contribution in [0.5, 0.6) is 0 Å². The molecule has 1 N–H and O–H groups in total. The molecule has 2 aliphatic heterocycles. The van der Waals surface area contributed by atoms with Crippen molar-refractivity contribution in [3.05, 3.63) is 82.0 Å². The fourth-order valence-electron chi connectivity index (χ4n) is 4.88. The first kappa shape index (κ1) is 23.5. The van der Waals surface area contributed by atoms with Crippen molar-refractivity contribution >= 4 is 34.5 Å². The van der Waals surface area contributed by atoms with Crippen LogP contribution in [0.1, 0.15) is 32.8 Å². The third kappa shape index (κ3) is 4.82. The number of carbonyl (C=O) groups is 2. The van der Waals surface area contributed by atoms with E-state index in [4.69, 9.17) is 9.47 Å². The number of hydrogen-bond donors (Lipinski definition) is 1. The molecule has 2 aliphatic rings. The highest BCUT2D eigenvalue weighted by Gasteiger charge is 2.44. The highest BCUT2D eigenvalue weighted by atomic mass is 32.1. The SMILES string of the molecule is COCCN1C(=O)c2ccccc2C(C(=O)Nc2ccc(N3CCOCC3)cc2)C1c1cccs1. The molecule has 0 spiro atoms. The zero-order valence-electron chi connectivity index (χ0n) is 19.7. The summed E-state index contributed by atoms with van der Waals surface area (Å²) in [6, 6.07) is 18.9. The summed E-state index contributed by atoms with van der Waals surface area (Å²) in [6.07, 6.45) is 0. The van der Waals surface area contributed by atoms with Gasteiger partial charge in [-0.3, -0.25) is 9.59 Å². The van der Waals surface area contributed by atoms with Crippen molar-refractivity contribution in [3.63, 3.8) is 0 Å². The van der Waals surface area contributed by atoms with Crippen LogP contribution < -0.4 is 10.2 Å². The molecular weight excluding hydrogens is 462 g/mol. The molecule has 3 aromatic rings. The van der Waals surface area contributed by atoms with Crippen LogP contribution in [-0.4, -0.2) is 63.3 Å². The van der Waals surface area contributed by atoms with Crippen molar-refractivity contribution in [1.82, 2.24) is 4.90 Å². The third-order valence-electron chi connectivity index (χ3n) is 6.60. The van der Waals surface area contributed by atoms with Gasteiger partial charge in [-0.25, -0.2) is 0 Å². The van der Waals surface area contributed by atoms with E-state index >= 15 is 0 Å². The Morgan fingerprint density at radius 1 is 1.09 bits per heavy atom. The van der Waals surface area contributed by atoms with Crippen LogP contribution in [0.3, 0.4) is 0 Å². The minimum absolute atomic E-state index is 0.0741. The molecule has 0 radical (unpaired) electrons. The van der Waals surface area contributed by atoms with Gasteiger partial charge in [-0.15, -0.1) is 11.3 Å². The smallest absolute Gasteiger partial charge is 0.254 e. The van der Waals surface area contributed by atoms with E-state index in [1.165, 1.54) is 0 Å². The topological polar surface area (TPSA) is 71.1 Å². The van der Waals surface area contributed by atoms with Gasteiger partial charge in [-0.2, -0.15) is 0 Å².